The summed E-state index contributed by atoms with van der Waals surface area (Å²) in [6.07, 6.45) is 1.90. The van der Waals surface area contributed by atoms with Crippen molar-refractivity contribution in [3.63, 3.8) is 0 Å². The first-order chi connectivity index (χ1) is 11.5. The van der Waals surface area contributed by atoms with Gasteiger partial charge in [0.25, 0.3) is 0 Å². The summed E-state index contributed by atoms with van der Waals surface area (Å²) in [5.74, 6) is 0.429. The number of aliphatic imine (C=N–C) groups is 1. The molecule has 6 heteroatoms. The molecule has 0 bridgehead atoms. The summed E-state index contributed by atoms with van der Waals surface area (Å²) in [6.45, 7) is 5.37. The lowest BCUT2D eigenvalue weighted by molar-refractivity contribution is 0.185. The van der Waals surface area contributed by atoms with Gasteiger partial charge in [-0.1, -0.05) is 18.2 Å². The van der Waals surface area contributed by atoms with E-state index in [9.17, 15) is 0 Å². The molecule has 130 valence electrons. The monoisotopic (exact) mass is 329 g/mol. The van der Waals surface area contributed by atoms with Crippen LogP contribution in [-0.4, -0.2) is 29.4 Å². The molecule has 1 aromatic heterocycles. The number of ether oxygens (including phenoxy) is 1. The molecule has 0 saturated carbocycles. The number of guanidine groups is 1. The molecule has 0 aliphatic rings. The molecule has 1 heterocycles. The zero-order valence-electron chi connectivity index (χ0n) is 15.0. The molecule has 0 spiro atoms. The summed E-state index contributed by atoms with van der Waals surface area (Å²) >= 11 is 0. The molecule has 0 radical (unpaired) electrons. The highest BCUT2D eigenvalue weighted by atomic mass is 16.5. The third-order valence-corrected chi connectivity index (χ3v) is 4.11. The van der Waals surface area contributed by atoms with Crippen LogP contribution in [0.3, 0.4) is 0 Å². The molecule has 24 heavy (non-hydrogen) atoms. The van der Waals surface area contributed by atoms with E-state index in [2.05, 4.69) is 22.3 Å². The van der Waals surface area contributed by atoms with E-state index >= 15 is 0 Å². The lowest BCUT2D eigenvalue weighted by Crippen LogP contribution is -2.23. The number of hydrogen-bond donors (Lipinski definition) is 2. The fraction of sp³-hybridized carbons (Fsp3) is 0.444. The van der Waals surface area contributed by atoms with Gasteiger partial charge in [-0.3, -0.25) is 9.67 Å². The van der Waals surface area contributed by atoms with Crippen LogP contribution in [0.2, 0.25) is 0 Å². The van der Waals surface area contributed by atoms with E-state index in [1.54, 1.807) is 7.11 Å². The predicted octanol–water partition coefficient (Wildman–Crippen LogP) is 2.54. The highest BCUT2D eigenvalue weighted by Gasteiger charge is 2.08. The number of nitrogens with two attached hydrogens (primary N) is 1. The van der Waals surface area contributed by atoms with Crippen LogP contribution in [0.15, 0.2) is 29.3 Å². The fourth-order valence-electron chi connectivity index (χ4n) is 2.74. The average molecular weight is 329 g/mol. The van der Waals surface area contributed by atoms with E-state index in [1.807, 2.05) is 42.9 Å². The van der Waals surface area contributed by atoms with Gasteiger partial charge >= 0.3 is 0 Å². The summed E-state index contributed by atoms with van der Waals surface area (Å²) in [6, 6.07) is 7.92. The quantitative estimate of drug-likeness (QED) is 0.465. The third-order valence-electron chi connectivity index (χ3n) is 4.11. The van der Waals surface area contributed by atoms with Gasteiger partial charge in [-0.05, 0) is 38.3 Å². The van der Waals surface area contributed by atoms with Crippen LogP contribution in [0.4, 0.5) is 5.69 Å². The smallest absolute Gasteiger partial charge is 0.193 e. The molecule has 0 fully saturated rings. The summed E-state index contributed by atoms with van der Waals surface area (Å²) in [5.41, 5.74) is 11.6. The number of methoxy groups -OCH3 is 1. The van der Waals surface area contributed by atoms with Crippen molar-refractivity contribution in [2.45, 2.75) is 33.3 Å². The first-order valence-electron chi connectivity index (χ1n) is 8.15. The number of anilines is 1. The average Bonchev–Trinajstić information content (AvgIpc) is 2.79. The largest absolute Gasteiger partial charge is 0.380 e. The standard InChI is InChI=1S/C18H27N5O/c1-13-16(14(2)23(3)22-13)9-7-11-20-18(19)21-17-10-6-5-8-15(17)12-24-4/h5-6,8,10H,7,9,11-12H2,1-4H3,(H3,19,20,21). The van der Waals surface area contributed by atoms with Crippen LogP contribution < -0.4 is 11.1 Å². The Morgan fingerprint density at radius 1 is 1.33 bits per heavy atom. The molecule has 0 atom stereocenters. The normalized spacial score (nSPS) is 11.8. The van der Waals surface area contributed by atoms with Crippen molar-refractivity contribution in [1.29, 1.82) is 0 Å². The molecular weight excluding hydrogens is 302 g/mol. The van der Waals surface area contributed by atoms with Crippen LogP contribution in [0.5, 0.6) is 0 Å². The van der Waals surface area contributed by atoms with Gasteiger partial charge in [0.15, 0.2) is 5.96 Å². The fourth-order valence-corrected chi connectivity index (χ4v) is 2.74. The van der Waals surface area contributed by atoms with Crippen molar-refractivity contribution in [2.75, 3.05) is 19.0 Å². The zero-order valence-corrected chi connectivity index (χ0v) is 15.0. The highest BCUT2D eigenvalue weighted by Crippen LogP contribution is 2.16. The molecule has 0 aliphatic heterocycles. The molecule has 3 N–H and O–H groups in total. The molecule has 6 nitrogen and oxygen atoms in total. The Kier molecular flexibility index (Phi) is 6.37. The maximum absolute atomic E-state index is 6.00. The van der Waals surface area contributed by atoms with E-state index in [0.717, 1.165) is 29.8 Å². The number of hydrogen-bond acceptors (Lipinski definition) is 3. The minimum absolute atomic E-state index is 0.429. The molecular formula is C18H27N5O. The lowest BCUT2D eigenvalue weighted by atomic mass is 10.1. The second kappa shape index (κ2) is 8.49. The Hall–Kier alpha value is -2.34. The van der Waals surface area contributed by atoms with Crippen LogP contribution in [0, 0.1) is 13.8 Å². The van der Waals surface area contributed by atoms with Crippen molar-refractivity contribution in [3.8, 4) is 0 Å². The number of aromatic nitrogens is 2. The minimum atomic E-state index is 0.429. The zero-order chi connectivity index (χ0) is 17.5. The molecule has 0 amide bonds. The summed E-state index contributed by atoms with van der Waals surface area (Å²) in [5, 5.41) is 7.59. The number of aryl methyl sites for hydroxylation is 2. The molecule has 2 aromatic rings. The Labute approximate surface area is 143 Å². The van der Waals surface area contributed by atoms with Gasteiger partial charge in [0.1, 0.15) is 0 Å². The van der Waals surface area contributed by atoms with Gasteiger partial charge in [-0.15, -0.1) is 0 Å². The topological polar surface area (TPSA) is 77.5 Å². The van der Waals surface area contributed by atoms with Crippen molar-refractivity contribution < 1.29 is 4.74 Å². The summed E-state index contributed by atoms with van der Waals surface area (Å²) < 4.78 is 7.12. The first-order valence-corrected chi connectivity index (χ1v) is 8.15. The highest BCUT2D eigenvalue weighted by molar-refractivity contribution is 5.92. The summed E-state index contributed by atoms with van der Waals surface area (Å²) in [4.78, 5) is 4.42. The number of nitrogens with one attached hydrogen (secondary N) is 1. The second-order valence-corrected chi connectivity index (χ2v) is 5.86. The molecule has 0 aliphatic carbocycles. The Balaban J connectivity index is 1.88. The maximum Gasteiger partial charge on any atom is 0.193 e. The van der Waals surface area contributed by atoms with Crippen LogP contribution in [0.25, 0.3) is 0 Å². The number of nitrogens with zero attached hydrogens (tertiary/aromatic N) is 3. The van der Waals surface area contributed by atoms with Gasteiger partial charge < -0.3 is 15.8 Å². The van der Waals surface area contributed by atoms with E-state index < -0.39 is 0 Å². The summed E-state index contributed by atoms with van der Waals surface area (Å²) in [7, 11) is 3.65. The van der Waals surface area contributed by atoms with E-state index in [1.165, 1.54) is 11.3 Å². The molecule has 0 unspecified atom stereocenters. The van der Waals surface area contributed by atoms with Crippen LogP contribution in [0.1, 0.15) is 28.9 Å². The van der Waals surface area contributed by atoms with Crippen molar-refractivity contribution in [3.05, 3.63) is 46.8 Å². The Bertz CT molecular complexity index is 705. The molecule has 1 aromatic carbocycles. The van der Waals surface area contributed by atoms with Crippen molar-refractivity contribution in [1.82, 2.24) is 9.78 Å². The van der Waals surface area contributed by atoms with Crippen molar-refractivity contribution >= 4 is 11.6 Å². The van der Waals surface area contributed by atoms with Gasteiger partial charge in [-0.2, -0.15) is 5.10 Å². The number of para-hydroxylation sites is 1. The van der Waals surface area contributed by atoms with Gasteiger partial charge in [0, 0.05) is 37.6 Å². The van der Waals surface area contributed by atoms with Crippen molar-refractivity contribution in [2.24, 2.45) is 17.8 Å². The predicted molar refractivity (Wildman–Crippen MR) is 98.3 cm³/mol. The third kappa shape index (κ3) is 4.58. The Morgan fingerprint density at radius 2 is 2.08 bits per heavy atom. The van der Waals surface area contributed by atoms with E-state index in [0.29, 0.717) is 19.1 Å². The van der Waals surface area contributed by atoms with Gasteiger partial charge in [0.2, 0.25) is 0 Å². The molecule has 0 saturated heterocycles. The SMILES string of the molecule is COCc1ccccc1NC(N)=NCCCc1c(C)nn(C)c1C. The number of benzene rings is 1. The van der Waals surface area contributed by atoms with E-state index in [-0.39, 0.29) is 0 Å². The van der Waals surface area contributed by atoms with Gasteiger partial charge in [-0.25, -0.2) is 0 Å². The first kappa shape index (κ1) is 18.0. The lowest BCUT2D eigenvalue weighted by Gasteiger charge is -2.10. The maximum atomic E-state index is 6.00. The van der Waals surface area contributed by atoms with Gasteiger partial charge in [0.05, 0.1) is 12.3 Å². The van der Waals surface area contributed by atoms with E-state index in [4.69, 9.17) is 10.5 Å². The molecule has 2 rings (SSSR count). The number of rotatable bonds is 7. The van der Waals surface area contributed by atoms with Crippen LogP contribution in [-0.2, 0) is 24.8 Å². The second-order valence-electron chi connectivity index (χ2n) is 5.86. The Morgan fingerprint density at radius 3 is 2.75 bits per heavy atom. The minimum Gasteiger partial charge on any atom is -0.380 e. The van der Waals surface area contributed by atoms with Crippen LogP contribution >= 0.6 is 0 Å².